The van der Waals surface area contributed by atoms with Crippen LogP contribution in [0.5, 0.6) is 0 Å². The van der Waals surface area contributed by atoms with E-state index in [2.05, 4.69) is 46.0 Å². The van der Waals surface area contributed by atoms with Crippen LogP contribution in [0.3, 0.4) is 0 Å². The van der Waals surface area contributed by atoms with Gasteiger partial charge in [0.15, 0.2) is 0 Å². The summed E-state index contributed by atoms with van der Waals surface area (Å²) in [6, 6.07) is 21.5. The molecule has 0 saturated carbocycles. The molecule has 0 bridgehead atoms. The van der Waals surface area contributed by atoms with Gasteiger partial charge >= 0.3 is 11.9 Å². The Labute approximate surface area is 306 Å². The second-order valence-electron chi connectivity index (χ2n) is 11.1. The van der Waals surface area contributed by atoms with Gasteiger partial charge in [0.05, 0.1) is 44.5 Å². The Morgan fingerprint density at radius 1 is 0.648 bits per heavy atom. The third-order valence-electron chi connectivity index (χ3n) is 6.99. The zero-order valence-corrected chi connectivity index (χ0v) is 29.3. The molecule has 0 atom stereocenters. The molecule has 5 aromatic rings. The maximum absolute atomic E-state index is 11.4. The van der Waals surface area contributed by atoms with Crippen LogP contribution >= 0.6 is 0 Å². The minimum atomic E-state index is -4.41. The average Bonchev–Trinajstić information content (AvgIpc) is 3.12. The van der Waals surface area contributed by atoms with Crippen LogP contribution in [0.4, 0.5) is 52.0 Å². The van der Waals surface area contributed by atoms with Crippen LogP contribution in [-0.4, -0.2) is 82.4 Å². The van der Waals surface area contributed by atoms with Crippen molar-refractivity contribution >= 4 is 84.1 Å². The number of nitrogens with zero attached hydrogens (tertiary/aromatic N) is 8. The Bertz CT molecular complexity index is 2450. The highest BCUT2D eigenvalue weighted by molar-refractivity contribution is 7.86. The summed E-state index contributed by atoms with van der Waals surface area (Å²) < 4.78 is 64.0. The van der Waals surface area contributed by atoms with Gasteiger partial charge < -0.3 is 25.7 Å². The lowest BCUT2D eigenvalue weighted by Crippen LogP contribution is -2.27. The number of hydrogen-bond donors (Lipinski definition) is 6. The van der Waals surface area contributed by atoms with E-state index >= 15 is 0 Å². The number of carboxylic acid groups (broad SMARTS) is 2. The monoisotopic (exact) mass is 776 g/mol. The molecule has 0 radical (unpaired) electrons. The number of rotatable bonds is 15. The third-order valence-corrected chi connectivity index (χ3v) is 8.53. The zero-order chi connectivity index (χ0) is 39.0. The van der Waals surface area contributed by atoms with Gasteiger partial charge in [0.2, 0.25) is 17.8 Å². The van der Waals surface area contributed by atoms with E-state index in [9.17, 15) is 45.7 Å². The van der Waals surface area contributed by atoms with Crippen molar-refractivity contribution < 1.29 is 45.7 Å². The topological polar surface area (TPSA) is 299 Å². The van der Waals surface area contributed by atoms with Gasteiger partial charge in [0.1, 0.15) is 0 Å². The Morgan fingerprint density at radius 3 is 1.59 bits per heavy atom. The predicted molar refractivity (Wildman–Crippen MR) is 194 cm³/mol. The highest BCUT2D eigenvalue weighted by Gasteiger charge is 2.15. The summed E-state index contributed by atoms with van der Waals surface area (Å²) >= 11 is 0. The quantitative estimate of drug-likeness (QED) is 0.0512. The van der Waals surface area contributed by atoms with Crippen molar-refractivity contribution in [3.63, 3.8) is 0 Å². The number of aromatic carboxylic acids is 2. The van der Waals surface area contributed by atoms with Gasteiger partial charge in [0.25, 0.3) is 20.2 Å². The highest BCUT2D eigenvalue weighted by atomic mass is 32.2. The third kappa shape index (κ3) is 11.1. The van der Waals surface area contributed by atoms with E-state index in [1.54, 1.807) is 48.5 Å². The number of nitrogens with one attached hydrogen (secondary N) is 2. The van der Waals surface area contributed by atoms with Crippen molar-refractivity contribution in [3.05, 3.63) is 102 Å². The normalized spacial score (nSPS) is 11.8. The summed E-state index contributed by atoms with van der Waals surface area (Å²) in [4.78, 5) is 37.0. The summed E-state index contributed by atoms with van der Waals surface area (Å²) in [5.74, 6) is -3.10. The Kier molecular flexibility index (Phi) is 11.6. The van der Waals surface area contributed by atoms with Crippen molar-refractivity contribution in [2.45, 2.75) is 4.90 Å². The maximum Gasteiger partial charge on any atom is 0.335 e. The smallest absolute Gasteiger partial charge is 0.335 e. The second kappa shape index (κ2) is 16.3. The molecule has 0 aliphatic rings. The Balaban J connectivity index is 1.34. The van der Waals surface area contributed by atoms with Gasteiger partial charge in [0, 0.05) is 25.0 Å². The van der Waals surface area contributed by atoms with Gasteiger partial charge in [-0.25, -0.2) is 9.59 Å². The fourth-order valence-corrected chi connectivity index (χ4v) is 5.36. The first kappa shape index (κ1) is 38.5. The highest BCUT2D eigenvalue weighted by Crippen LogP contribution is 2.27. The van der Waals surface area contributed by atoms with E-state index in [-0.39, 0.29) is 51.8 Å². The molecule has 5 rings (SSSR count). The van der Waals surface area contributed by atoms with Crippen LogP contribution < -0.4 is 15.5 Å². The average molecular weight is 777 g/mol. The number of aromatic nitrogens is 3. The first-order chi connectivity index (χ1) is 25.5. The molecule has 0 spiro atoms. The number of azo groups is 2. The maximum atomic E-state index is 11.4. The molecular formula is C32H28N10O10S2. The van der Waals surface area contributed by atoms with E-state index in [1.807, 2.05) is 0 Å². The van der Waals surface area contributed by atoms with Crippen LogP contribution in [0.2, 0.25) is 0 Å². The molecule has 0 aliphatic carbocycles. The van der Waals surface area contributed by atoms with E-state index in [0.717, 1.165) is 12.1 Å². The van der Waals surface area contributed by atoms with E-state index in [0.29, 0.717) is 22.7 Å². The molecule has 4 aromatic carbocycles. The number of carboxylic acids is 2. The zero-order valence-electron chi connectivity index (χ0n) is 27.7. The van der Waals surface area contributed by atoms with Crippen molar-refractivity contribution in [3.8, 4) is 0 Å². The SMILES string of the molecule is CN(CCS(=O)(=O)O)c1nc(Nc2ccc(/N=N/c3cc(C(=O)O)cc(C(=O)O)c3)cc2)nc(Nc2ccc(/N=N/c3cccc(S(=O)(=O)O)c3)cc2)n1. The van der Waals surface area contributed by atoms with Gasteiger partial charge in [-0.1, -0.05) is 6.07 Å². The minimum Gasteiger partial charge on any atom is -0.478 e. The number of anilines is 5. The number of hydrogen-bond acceptors (Lipinski definition) is 16. The summed E-state index contributed by atoms with van der Waals surface area (Å²) in [5.41, 5.74) is 1.43. The van der Waals surface area contributed by atoms with Gasteiger partial charge in [-0.15, -0.1) is 0 Å². The van der Waals surface area contributed by atoms with Crippen LogP contribution in [-0.2, 0) is 20.2 Å². The minimum absolute atomic E-state index is 0.0217. The Morgan fingerprint density at radius 2 is 1.13 bits per heavy atom. The summed E-state index contributed by atoms with van der Waals surface area (Å²) in [6.45, 7) is -0.155. The lowest BCUT2D eigenvalue weighted by molar-refractivity contribution is 0.0696. The van der Waals surface area contributed by atoms with E-state index in [1.165, 1.54) is 42.3 Å². The van der Waals surface area contributed by atoms with Crippen molar-refractivity contribution in [1.82, 2.24) is 15.0 Å². The largest absolute Gasteiger partial charge is 0.478 e. The molecule has 1 heterocycles. The molecule has 1 aromatic heterocycles. The second-order valence-corrected chi connectivity index (χ2v) is 14.1. The molecule has 6 N–H and O–H groups in total. The van der Waals surface area contributed by atoms with Crippen molar-refractivity contribution in [1.29, 1.82) is 0 Å². The molecular weight excluding hydrogens is 749 g/mol. The summed E-state index contributed by atoms with van der Waals surface area (Å²) in [7, 11) is -7.18. The first-order valence-corrected chi connectivity index (χ1v) is 18.2. The molecule has 0 amide bonds. The molecule has 0 aliphatic heterocycles. The molecule has 22 heteroatoms. The standard InChI is InChI=1S/C32H28N10O10S2/c1-42(13-14-53(47,48)49)32-36-30(33-21-5-9-23(10-6-21)38-40-25-3-2-4-27(18-25)54(50,51)52)35-31(37-32)34-22-7-11-24(12-8-22)39-41-26-16-19(28(43)44)15-20(17-26)29(45)46/h2-12,15-18H,13-14H2,1H3,(H,43,44)(H,45,46)(H,47,48,49)(H,50,51,52)(H2,33,34,35,36,37)/b40-38+,41-39+. The number of benzene rings is 4. The molecule has 20 nitrogen and oxygen atoms in total. The predicted octanol–water partition coefficient (Wildman–Crippen LogP) is 6.16. The van der Waals surface area contributed by atoms with Crippen molar-refractivity contribution in [2.24, 2.45) is 20.5 Å². The molecule has 0 fully saturated rings. The van der Waals surface area contributed by atoms with Crippen molar-refractivity contribution in [2.75, 3.05) is 34.9 Å². The van der Waals surface area contributed by atoms with E-state index in [4.69, 9.17) is 0 Å². The lowest BCUT2D eigenvalue weighted by Gasteiger charge is -2.18. The lowest BCUT2D eigenvalue weighted by atomic mass is 10.1. The molecule has 0 unspecified atom stereocenters. The van der Waals surface area contributed by atoms with Gasteiger partial charge in [-0.2, -0.15) is 52.2 Å². The Hall–Kier alpha value is -6.75. The summed E-state index contributed by atoms with van der Waals surface area (Å²) in [5, 5.41) is 40.7. The van der Waals surface area contributed by atoms with Gasteiger partial charge in [-0.05, 0) is 84.9 Å². The van der Waals surface area contributed by atoms with Gasteiger partial charge in [-0.3, -0.25) is 9.11 Å². The first-order valence-electron chi connectivity index (χ1n) is 15.2. The van der Waals surface area contributed by atoms with E-state index < -0.39 is 37.9 Å². The number of carbonyl (C=O) groups is 2. The molecule has 54 heavy (non-hydrogen) atoms. The molecule has 0 saturated heterocycles. The van der Waals surface area contributed by atoms with Crippen LogP contribution in [0, 0.1) is 0 Å². The van der Waals surface area contributed by atoms with Crippen LogP contribution in [0.1, 0.15) is 20.7 Å². The molecule has 278 valence electrons. The van der Waals surface area contributed by atoms with Crippen LogP contribution in [0.15, 0.2) is 116 Å². The fourth-order valence-electron chi connectivity index (χ4n) is 4.33. The summed E-state index contributed by atoms with van der Waals surface area (Å²) in [6.07, 6.45) is 0. The fraction of sp³-hybridized carbons (Fsp3) is 0.0938. The van der Waals surface area contributed by atoms with Crippen LogP contribution in [0.25, 0.3) is 0 Å².